The van der Waals surface area contributed by atoms with Crippen molar-refractivity contribution in [3.8, 4) is 5.75 Å². The molecule has 0 saturated heterocycles. The van der Waals surface area contributed by atoms with Crippen molar-refractivity contribution in [2.24, 2.45) is 17.3 Å². The van der Waals surface area contributed by atoms with Crippen molar-refractivity contribution in [3.05, 3.63) is 28.8 Å². The Bertz CT molecular complexity index is 783. The number of Topliss-reactive ketones (excluding diaryl/α,β-unsaturated/α-hetero) is 1. The summed E-state index contributed by atoms with van der Waals surface area (Å²) in [5.74, 6) is 2.33. The SMILES string of the molecule is COc1cc2c(cc1C(C)=O)[C@H]1CC[C@@]3(C)[C@H](OC(C)=O)CC[C@H]3[C@H]1CC2. The quantitative estimate of drug-likeness (QED) is 0.572. The minimum absolute atomic E-state index is 0.0611. The fourth-order valence-corrected chi connectivity index (χ4v) is 6.39. The topological polar surface area (TPSA) is 52.6 Å². The lowest BCUT2D eigenvalue weighted by atomic mass is 9.55. The van der Waals surface area contributed by atoms with Gasteiger partial charge >= 0.3 is 5.97 Å². The number of hydrogen-bond donors (Lipinski definition) is 0. The van der Waals surface area contributed by atoms with Crippen molar-refractivity contribution in [1.29, 1.82) is 0 Å². The average Bonchev–Trinajstić information content (AvgIpc) is 2.96. The fraction of sp³-hybridized carbons (Fsp3) is 0.652. The molecule has 146 valence electrons. The zero-order chi connectivity index (χ0) is 19.3. The Morgan fingerprint density at radius 1 is 1.11 bits per heavy atom. The number of methoxy groups -OCH3 is 1. The molecule has 4 rings (SSSR count). The third kappa shape index (κ3) is 2.88. The van der Waals surface area contributed by atoms with Crippen LogP contribution in [0.15, 0.2) is 12.1 Å². The van der Waals surface area contributed by atoms with Gasteiger partial charge in [0.25, 0.3) is 0 Å². The van der Waals surface area contributed by atoms with E-state index in [0.29, 0.717) is 29.1 Å². The first kappa shape index (κ1) is 18.5. The summed E-state index contributed by atoms with van der Waals surface area (Å²) in [5.41, 5.74) is 3.50. The molecular weight excluding hydrogens is 340 g/mol. The molecule has 27 heavy (non-hydrogen) atoms. The van der Waals surface area contributed by atoms with Crippen LogP contribution >= 0.6 is 0 Å². The van der Waals surface area contributed by atoms with E-state index in [1.165, 1.54) is 24.5 Å². The molecule has 2 saturated carbocycles. The van der Waals surface area contributed by atoms with Crippen LogP contribution in [0.4, 0.5) is 0 Å². The van der Waals surface area contributed by atoms with Crippen LogP contribution in [-0.4, -0.2) is 25.0 Å². The lowest BCUT2D eigenvalue weighted by Crippen LogP contribution is -2.45. The van der Waals surface area contributed by atoms with Gasteiger partial charge in [-0.3, -0.25) is 9.59 Å². The smallest absolute Gasteiger partial charge is 0.302 e. The molecular formula is C23H30O4. The summed E-state index contributed by atoms with van der Waals surface area (Å²) in [4.78, 5) is 23.7. The number of hydrogen-bond acceptors (Lipinski definition) is 4. The minimum Gasteiger partial charge on any atom is -0.496 e. The van der Waals surface area contributed by atoms with Crippen LogP contribution in [0.2, 0.25) is 0 Å². The maximum atomic E-state index is 12.1. The molecule has 4 heteroatoms. The molecule has 0 heterocycles. The summed E-state index contributed by atoms with van der Waals surface area (Å²) >= 11 is 0. The molecule has 3 aliphatic carbocycles. The lowest BCUT2D eigenvalue weighted by molar-refractivity contribution is -0.154. The Labute approximate surface area is 161 Å². The van der Waals surface area contributed by atoms with E-state index >= 15 is 0 Å². The third-order valence-corrected chi connectivity index (χ3v) is 7.65. The Morgan fingerprint density at radius 3 is 2.56 bits per heavy atom. The van der Waals surface area contributed by atoms with E-state index in [0.717, 1.165) is 32.1 Å². The van der Waals surface area contributed by atoms with E-state index in [9.17, 15) is 9.59 Å². The fourth-order valence-electron chi connectivity index (χ4n) is 6.39. The highest BCUT2D eigenvalue weighted by Crippen LogP contribution is 2.61. The zero-order valence-electron chi connectivity index (χ0n) is 16.8. The van der Waals surface area contributed by atoms with Gasteiger partial charge in [0.2, 0.25) is 0 Å². The number of ketones is 1. The summed E-state index contributed by atoms with van der Waals surface area (Å²) in [6, 6.07) is 4.20. The number of esters is 1. The molecule has 0 aliphatic heterocycles. The van der Waals surface area contributed by atoms with Crippen LogP contribution in [-0.2, 0) is 16.0 Å². The molecule has 3 aliphatic rings. The summed E-state index contributed by atoms with van der Waals surface area (Å²) in [6.45, 7) is 5.47. The number of ether oxygens (including phenoxy) is 2. The van der Waals surface area contributed by atoms with Gasteiger partial charge in [-0.2, -0.15) is 0 Å². The molecule has 5 atom stereocenters. The van der Waals surface area contributed by atoms with Gasteiger partial charge in [0.05, 0.1) is 12.7 Å². The number of carbonyl (C=O) groups excluding carboxylic acids is 2. The Morgan fingerprint density at radius 2 is 1.89 bits per heavy atom. The summed E-state index contributed by atoms with van der Waals surface area (Å²) < 4.78 is 11.2. The van der Waals surface area contributed by atoms with Crippen LogP contribution in [0.3, 0.4) is 0 Å². The first-order valence-electron chi connectivity index (χ1n) is 10.2. The second-order valence-corrected chi connectivity index (χ2v) is 8.94. The second kappa shape index (κ2) is 6.65. The number of aryl methyl sites for hydroxylation is 1. The molecule has 1 aromatic rings. The van der Waals surface area contributed by atoms with Crippen LogP contribution < -0.4 is 4.74 Å². The van der Waals surface area contributed by atoms with E-state index in [4.69, 9.17) is 9.47 Å². The number of benzene rings is 1. The molecule has 4 nitrogen and oxygen atoms in total. The molecule has 0 amide bonds. The molecule has 0 aromatic heterocycles. The van der Waals surface area contributed by atoms with Crippen molar-refractivity contribution < 1.29 is 19.1 Å². The number of fused-ring (bicyclic) bond motifs is 5. The monoisotopic (exact) mass is 370 g/mol. The first-order chi connectivity index (χ1) is 12.8. The molecule has 0 unspecified atom stereocenters. The van der Waals surface area contributed by atoms with Gasteiger partial charge in [-0.05, 0) is 86.5 Å². The third-order valence-electron chi connectivity index (χ3n) is 7.65. The standard InChI is InChI=1S/C23H30O4/c1-13(24)18-12-19-15(11-21(18)26-4)5-6-17-16(19)9-10-23(3)20(17)7-8-22(23)27-14(2)25/h11-12,16-17,20,22H,5-10H2,1-4H3/t16-,17-,20-,22+,23+/m0/s1. The maximum Gasteiger partial charge on any atom is 0.302 e. The van der Waals surface area contributed by atoms with Crippen molar-refractivity contribution in [1.82, 2.24) is 0 Å². The van der Waals surface area contributed by atoms with E-state index in [-0.39, 0.29) is 23.3 Å². The van der Waals surface area contributed by atoms with Gasteiger partial charge in [0.1, 0.15) is 11.9 Å². The van der Waals surface area contributed by atoms with Crippen molar-refractivity contribution in [2.75, 3.05) is 7.11 Å². The summed E-state index contributed by atoms with van der Waals surface area (Å²) in [7, 11) is 1.64. The first-order valence-corrected chi connectivity index (χ1v) is 10.2. The maximum absolute atomic E-state index is 12.1. The van der Waals surface area contributed by atoms with Gasteiger partial charge in [-0.15, -0.1) is 0 Å². The van der Waals surface area contributed by atoms with Crippen LogP contribution in [0.5, 0.6) is 5.75 Å². The molecule has 1 aromatic carbocycles. The van der Waals surface area contributed by atoms with Gasteiger partial charge in [0.15, 0.2) is 5.78 Å². The van der Waals surface area contributed by atoms with E-state index in [2.05, 4.69) is 19.1 Å². The Kier molecular flexibility index (Phi) is 4.56. The van der Waals surface area contributed by atoms with E-state index in [1.54, 1.807) is 14.0 Å². The molecule has 0 N–H and O–H groups in total. The minimum atomic E-state index is -0.156. The van der Waals surface area contributed by atoms with E-state index in [1.807, 2.05) is 0 Å². The summed E-state index contributed by atoms with van der Waals surface area (Å²) in [6.07, 6.45) is 6.58. The highest BCUT2D eigenvalue weighted by Gasteiger charge is 2.56. The molecule has 0 bridgehead atoms. The lowest BCUT2D eigenvalue weighted by Gasteiger charge is -2.50. The van der Waals surface area contributed by atoms with E-state index < -0.39 is 0 Å². The second-order valence-electron chi connectivity index (χ2n) is 8.94. The van der Waals surface area contributed by atoms with Crippen LogP contribution in [0, 0.1) is 17.3 Å². The Hall–Kier alpha value is -1.84. The molecule has 0 spiro atoms. The Balaban J connectivity index is 1.67. The predicted octanol–water partition coefficient (Wildman–Crippen LogP) is 4.69. The van der Waals surface area contributed by atoms with Crippen molar-refractivity contribution >= 4 is 11.8 Å². The highest BCUT2D eigenvalue weighted by molar-refractivity contribution is 5.97. The highest BCUT2D eigenvalue weighted by atomic mass is 16.5. The van der Waals surface area contributed by atoms with Gasteiger partial charge in [-0.1, -0.05) is 6.92 Å². The zero-order valence-corrected chi connectivity index (χ0v) is 16.8. The molecule has 2 fully saturated rings. The summed E-state index contributed by atoms with van der Waals surface area (Å²) in [5, 5.41) is 0. The van der Waals surface area contributed by atoms with Gasteiger partial charge in [-0.25, -0.2) is 0 Å². The normalized spacial score (nSPS) is 34.2. The van der Waals surface area contributed by atoms with Crippen molar-refractivity contribution in [3.63, 3.8) is 0 Å². The van der Waals surface area contributed by atoms with Crippen LogP contribution in [0.25, 0.3) is 0 Å². The van der Waals surface area contributed by atoms with Crippen LogP contribution in [0.1, 0.15) is 80.3 Å². The largest absolute Gasteiger partial charge is 0.496 e. The van der Waals surface area contributed by atoms with Gasteiger partial charge < -0.3 is 9.47 Å². The number of carbonyl (C=O) groups is 2. The van der Waals surface area contributed by atoms with Gasteiger partial charge in [0, 0.05) is 12.3 Å². The predicted molar refractivity (Wildman–Crippen MR) is 103 cm³/mol. The number of rotatable bonds is 3. The average molecular weight is 370 g/mol. The van der Waals surface area contributed by atoms with Crippen molar-refractivity contribution in [2.45, 2.75) is 71.3 Å². The molecule has 0 radical (unpaired) electrons.